The highest BCUT2D eigenvalue weighted by Gasteiger charge is 2.14. The number of fused-ring (bicyclic) bond motifs is 1. The van der Waals surface area contributed by atoms with Crippen molar-refractivity contribution in [1.82, 2.24) is 14.9 Å². The first-order valence-corrected chi connectivity index (χ1v) is 10.3. The third-order valence-electron chi connectivity index (χ3n) is 4.77. The number of carbonyl (C=O) groups is 2. The number of aromatic nitrogens is 2. The van der Waals surface area contributed by atoms with Gasteiger partial charge in [0.25, 0.3) is 5.91 Å². The Hall–Kier alpha value is -3.58. The third kappa shape index (κ3) is 5.13. The van der Waals surface area contributed by atoms with Crippen molar-refractivity contribution in [2.45, 2.75) is 19.4 Å². The van der Waals surface area contributed by atoms with Crippen molar-refractivity contribution in [3.8, 4) is 0 Å². The van der Waals surface area contributed by atoms with Gasteiger partial charge in [0.1, 0.15) is 12.4 Å². The number of halogens is 1. The van der Waals surface area contributed by atoms with Crippen LogP contribution in [0.1, 0.15) is 22.8 Å². The summed E-state index contributed by atoms with van der Waals surface area (Å²) in [4.78, 5) is 29.3. The number of nitrogens with zero attached hydrogens (tertiary/aromatic N) is 2. The number of rotatable bonds is 8. The van der Waals surface area contributed by atoms with E-state index in [1.807, 2.05) is 28.8 Å². The Morgan fingerprint density at radius 3 is 2.61 bits per heavy atom. The van der Waals surface area contributed by atoms with Crippen LogP contribution in [-0.2, 0) is 17.8 Å². The zero-order chi connectivity index (χ0) is 21.6. The van der Waals surface area contributed by atoms with E-state index in [1.54, 1.807) is 36.4 Å². The molecule has 2 heterocycles. The lowest BCUT2D eigenvalue weighted by Gasteiger charge is -2.10. The molecule has 0 saturated heterocycles. The molecule has 0 unspecified atom stereocenters. The van der Waals surface area contributed by atoms with Crippen LogP contribution in [0.25, 0.3) is 11.0 Å². The van der Waals surface area contributed by atoms with Crippen LogP contribution in [0.2, 0.25) is 5.02 Å². The SMILES string of the molecule is O=C(Cn1c(CCCNC(=O)c2ccco2)nc2ccccc21)Nc1ccc(Cl)cc1. The molecule has 2 N–H and O–H groups in total. The highest BCUT2D eigenvalue weighted by molar-refractivity contribution is 6.30. The van der Waals surface area contributed by atoms with Crippen LogP contribution in [0.4, 0.5) is 5.69 Å². The van der Waals surface area contributed by atoms with Crippen LogP contribution in [0, 0.1) is 0 Å². The number of hydrogen-bond donors (Lipinski definition) is 2. The van der Waals surface area contributed by atoms with Crippen molar-refractivity contribution in [3.05, 3.63) is 83.5 Å². The molecular weight excluding hydrogens is 416 g/mol. The number of hydrogen-bond acceptors (Lipinski definition) is 4. The molecule has 4 aromatic rings. The maximum Gasteiger partial charge on any atom is 0.286 e. The summed E-state index contributed by atoms with van der Waals surface area (Å²) in [7, 11) is 0. The van der Waals surface area contributed by atoms with Crippen molar-refractivity contribution in [2.75, 3.05) is 11.9 Å². The van der Waals surface area contributed by atoms with Gasteiger partial charge < -0.3 is 19.6 Å². The molecule has 0 atom stereocenters. The lowest BCUT2D eigenvalue weighted by Crippen LogP contribution is -2.25. The molecule has 4 rings (SSSR count). The Morgan fingerprint density at radius 1 is 1.03 bits per heavy atom. The Bertz CT molecular complexity index is 1180. The number of carbonyl (C=O) groups excluding carboxylic acids is 2. The molecule has 0 fully saturated rings. The number of amides is 2. The number of para-hydroxylation sites is 2. The van der Waals surface area contributed by atoms with Gasteiger partial charge in [-0.15, -0.1) is 0 Å². The van der Waals surface area contributed by atoms with Crippen molar-refractivity contribution in [1.29, 1.82) is 0 Å². The number of imidazole rings is 1. The van der Waals surface area contributed by atoms with Gasteiger partial charge in [0.2, 0.25) is 5.91 Å². The van der Waals surface area contributed by atoms with Gasteiger partial charge in [-0.2, -0.15) is 0 Å². The van der Waals surface area contributed by atoms with Crippen molar-refractivity contribution in [3.63, 3.8) is 0 Å². The molecule has 2 aromatic heterocycles. The first kappa shape index (κ1) is 20.7. The molecule has 31 heavy (non-hydrogen) atoms. The summed E-state index contributed by atoms with van der Waals surface area (Å²) in [5.41, 5.74) is 2.40. The van der Waals surface area contributed by atoms with Crippen LogP contribution >= 0.6 is 11.6 Å². The maximum atomic E-state index is 12.7. The number of benzene rings is 2. The minimum absolute atomic E-state index is 0.136. The summed E-state index contributed by atoms with van der Waals surface area (Å²) in [5, 5.41) is 6.32. The Balaban J connectivity index is 1.42. The fourth-order valence-electron chi connectivity index (χ4n) is 3.31. The second-order valence-electron chi connectivity index (χ2n) is 6.99. The van der Waals surface area contributed by atoms with Crippen LogP contribution in [0.15, 0.2) is 71.3 Å². The fraction of sp³-hybridized carbons (Fsp3) is 0.174. The zero-order valence-corrected chi connectivity index (χ0v) is 17.4. The summed E-state index contributed by atoms with van der Waals surface area (Å²) in [6.45, 7) is 0.608. The molecule has 8 heteroatoms. The van der Waals surface area contributed by atoms with Gasteiger partial charge in [-0.1, -0.05) is 23.7 Å². The van der Waals surface area contributed by atoms with E-state index in [0.717, 1.165) is 16.9 Å². The lowest BCUT2D eigenvalue weighted by atomic mass is 10.2. The molecular formula is C23H21ClN4O3. The van der Waals surface area contributed by atoms with Crippen LogP contribution < -0.4 is 10.6 Å². The molecule has 2 amide bonds. The average molecular weight is 437 g/mol. The standard InChI is InChI=1S/C23H21ClN4O3/c24-16-9-11-17(12-10-16)26-22(29)15-28-19-6-2-1-5-18(19)27-21(28)8-3-13-25-23(30)20-7-4-14-31-20/h1-2,4-7,9-12,14H,3,8,13,15H2,(H,25,30)(H,26,29). The summed E-state index contributed by atoms with van der Waals surface area (Å²) in [6.07, 6.45) is 2.75. The quantitative estimate of drug-likeness (QED) is 0.403. The van der Waals surface area contributed by atoms with Gasteiger partial charge in [0.05, 0.1) is 17.3 Å². The molecule has 2 aromatic carbocycles. The van der Waals surface area contributed by atoms with E-state index in [-0.39, 0.29) is 24.1 Å². The average Bonchev–Trinajstić information content (AvgIpc) is 3.42. The normalized spacial score (nSPS) is 10.9. The first-order valence-electron chi connectivity index (χ1n) is 9.91. The van der Waals surface area contributed by atoms with Crippen molar-refractivity contribution < 1.29 is 14.0 Å². The summed E-state index contributed by atoms with van der Waals surface area (Å²) in [5.74, 6) is 0.671. The van der Waals surface area contributed by atoms with E-state index in [2.05, 4.69) is 15.6 Å². The summed E-state index contributed by atoms with van der Waals surface area (Å²) in [6, 6.07) is 18.0. The third-order valence-corrected chi connectivity index (χ3v) is 5.02. The van der Waals surface area contributed by atoms with E-state index in [1.165, 1.54) is 6.26 Å². The highest BCUT2D eigenvalue weighted by Crippen LogP contribution is 2.18. The number of furan rings is 1. The van der Waals surface area contributed by atoms with Gasteiger partial charge in [-0.25, -0.2) is 4.98 Å². The minimum Gasteiger partial charge on any atom is -0.459 e. The van der Waals surface area contributed by atoms with E-state index in [0.29, 0.717) is 30.1 Å². The molecule has 0 bridgehead atoms. The molecule has 0 spiro atoms. The Morgan fingerprint density at radius 2 is 1.84 bits per heavy atom. The Kier molecular flexibility index (Phi) is 6.33. The summed E-state index contributed by atoms with van der Waals surface area (Å²) < 4.78 is 7.00. The van der Waals surface area contributed by atoms with Crippen LogP contribution in [-0.4, -0.2) is 27.9 Å². The number of anilines is 1. The van der Waals surface area contributed by atoms with Gasteiger partial charge in [-0.3, -0.25) is 9.59 Å². The zero-order valence-electron chi connectivity index (χ0n) is 16.7. The van der Waals surface area contributed by atoms with Crippen molar-refractivity contribution >= 4 is 40.1 Å². The van der Waals surface area contributed by atoms with Gasteiger partial charge in [0, 0.05) is 23.7 Å². The summed E-state index contributed by atoms with van der Waals surface area (Å²) >= 11 is 5.90. The van der Waals surface area contributed by atoms with E-state index < -0.39 is 0 Å². The molecule has 7 nitrogen and oxygen atoms in total. The predicted molar refractivity (Wildman–Crippen MR) is 119 cm³/mol. The van der Waals surface area contributed by atoms with E-state index in [4.69, 9.17) is 16.0 Å². The maximum absolute atomic E-state index is 12.7. The monoisotopic (exact) mass is 436 g/mol. The largest absolute Gasteiger partial charge is 0.459 e. The lowest BCUT2D eigenvalue weighted by molar-refractivity contribution is -0.116. The van der Waals surface area contributed by atoms with Gasteiger partial charge in [-0.05, 0) is 55.0 Å². The fourth-order valence-corrected chi connectivity index (χ4v) is 3.44. The molecule has 0 aliphatic heterocycles. The molecule has 0 saturated carbocycles. The number of nitrogens with one attached hydrogen (secondary N) is 2. The highest BCUT2D eigenvalue weighted by atomic mass is 35.5. The van der Waals surface area contributed by atoms with Crippen LogP contribution in [0.5, 0.6) is 0 Å². The number of aryl methyl sites for hydroxylation is 1. The van der Waals surface area contributed by atoms with E-state index >= 15 is 0 Å². The predicted octanol–water partition coefficient (Wildman–Crippen LogP) is 4.28. The molecule has 0 aliphatic rings. The van der Waals surface area contributed by atoms with Crippen molar-refractivity contribution in [2.24, 2.45) is 0 Å². The van der Waals surface area contributed by atoms with Gasteiger partial charge >= 0.3 is 0 Å². The first-order chi connectivity index (χ1) is 15.1. The Labute approximate surface area is 184 Å². The minimum atomic E-state index is -0.249. The smallest absolute Gasteiger partial charge is 0.286 e. The second-order valence-corrected chi connectivity index (χ2v) is 7.43. The topological polar surface area (TPSA) is 89.2 Å². The molecule has 158 valence electrons. The van der Waals surface area contributed by atoms with Gasteiger partial charge in [0.15, 0.2) is 5.76 Å². The second kappa shape index (κ2) is 9.49. The molecule has 0 radical (unpaired) electrons. The van der Waals surface area contributed by atoms with E-state index in [9.17, 15) is 9.59 Å². The molecule has 0 aliphatic carbocycles. The van der Waals surface area contributed by atoms with Crippen LogP contribution in [0.3, 0.4) is 0 Å².